The molecule has 1 aromatic carbocycles. The molecule has 2 fully saturated rings. The van der Waals surface area contributed by atoms with Gasteiger partial charge in [-0.05, 0) is 44.5 Å². The zero-order valence-corrected chi connectivity index (χ0v) is 21.4. The van der Waals surface area contributed by atoms with Gasteiger partial charge in [-0.3, -0.25) is 18.9 Å². The Kier molecular flexibility index (Phi) is 6.48. The van der Waals surface area contributed by atoms with E-state index in [-0.39, 0.29) is 29.7 Å². The Morgan fingerprint density at radius 3 is 2.49 bits per heavy atom. The minimum absolute atomic E-state index is 0.00689. The quantitative estimate of drug-likeness (QED) is 0.387. The number of nitrogens with zero attached hydrogens (tertiary/aromatic N) is 4. The molecule has 0 spiro atoms. The van der Waals surface area contributed by atoms with Gasteiger partial charge in [-0.25, -0.2) is 4.98 Å². The lowest BCUT2D eigenvalue weighted by molar-refractivity contribution is -0.123. The molecule has 0 unspecified atom stereocenters. The molecule has 3 atom stereocenters. The van der Waals surface area contributed by atoms with Crippen LogP contribution in [0, 0.1) is 0 Å². The van der Waals surface area contributed by atoms with Crippen molar-refractivity contribution in [2.24, 2.45) is 0 Å². The molecule has 1 amide bonds. The van der Waals surface area contributed by atoms with E-state index in [1.807, 2.05) is 63.2 Å². The van der Waals surface area contributed by atoms with Gasteiger partial charge in [0, 0.05) is 19.3 Å². The average Bonchev–Trinajstić information content (AvgIpc) is 3.12. The summed E-state index contributed by atoms with van der Waals surface area (Å²) in [6.07, 6.45) is 3.34. The van der Waals surface area contributed by atoms with E-state index in [9.17, 15) is 9.59 Å². The van der Waals surface area contributed by atoms with Crippen LogP contribution in [-0.2, 0) is 9.53 Å². The number of carbonyl (C=O) groups is 1. The van der Waals surface area contributed by atoms with Crippen molar-refractivity contribution in [1.29, 1.82) is 0 Å². The number of fused-ring (bicyclic) bond motifs is 1. The van der Waals surface area contributed by atoms with Crippen molar-refractivity contribution in [2.45, 2.75) is 39.0 Å². The second-order valence-electron chi connectivity index (χ2n) is 8.88. The summed E-state index contributed by atoms with van der Waals surface area (Å²) in [5.41, 5.74) is 1.71. The molecule has 0 radical (unpaired) electrons. The Morgan fingerprint density at radius 2 is 1.77 bits per heavy atom. The van der Waals surface area contributed by atoms with E-state index in [0.717, 1.165) is 5.56 Å². The lowest BCUT2D eigenvalue weighted by atomic mass is 10.1. The topological polar surface area (TPSA) is 67.2 Å². The summed E-state index contributed by atoms with van der Waals surface area (Å²) >= 11 is 6.81. The van der Waals surface area contributed by atoms with E-state index in [0.29, 0.717) is 39.3 Å². The number of morpholine rings is 1. The van der Waals surface area contributed by atoms with Crippen molar-refractivity contribution in [2.75, 3.05) is 18.0 Å². The number of amides is 1. The van der Waals surface area contributed by atoms with Gasteiger partial charge in [-0.2, -0.15) is 0 Å². The third-order valence-corrected chi connectivity index (χ3v) is 7.57. The van der Waals surface area contributed by atoms with Gasteiger partial charge in [-0.1, -0.05) is 60.4 Å². The monoisotopic (exact) mass is 506 g/mol. The van der Waals surface area contributed by atoms with Gasteiger partial charge in [0.2, 0.25) is 0 Å². The van der Waals surface area contributed by atoms with Crippen molar-refractivity contribution >= 4 is 51.7 Å². The van der Waals surface area contributed by atoms with E-state index in [1.165, 1.54) is 16.2 Å². The van der Waals surface area contributed by atoms with Crippen molar-refractivity contribution in [3.05, 3.63) is 81.1 Å². The second-order valence-corrected chi connectivity index (χ2v) is 10.6. The van der Waals surface area contributed by atoms with Gasteiger partial charge >= 0.3 is 0 Å². The van der Waals surface area contributed by atoms with Crippen LogP contribution in [0.5, 0.6) is 0 Å². The first-order chi connectivity index (χ1) is 16.8. The predicted molar refractivity (Wildman–Crippen MR) is 144 cm³/mol. The fourth-order valence-electron chi connectivity index (χ4n) is 4.63. The van der Waals surface area contributed by atoms with Crippen LogP contribution in [0.15, 0.2) is 64.4 Å². The molecule has 0 saturated carbocycles. The van der Waals surface area contributed by atoms with Crippen molar-refractivity contribution in [3.8, 4) is 0 Å². The molecule has 4 heterocycles. The molecule has 0 aliphatic carbocycles. The number of rotatable bonds is 4. The zero-order chi connectivity index (χ0) is 24.7. The highest BCUT2D eigenvalue weighted by atomic mass is 32.2. The Balaban J connectivity index is 1.59. The largest absolute Gasteiger partial charge is 0.372 e. The summed E-state index contributed by atoms with van der Waals surface area (Å²) in [5, 5.41) is 0. The van der Waals surface area contributed by atoms with Crippen LogP contribution in [0.1, 0.15) is 37.9 Å². The Bertz CT molecular complexity index is 1380. The molecule has 5 rings (SSSR count). The van der Waals surface area contributed by atoms with Gasteiger partial charge in [0.25, 0.3) is 11.5 Å². The lowest BCUT2D eigenvalue weighted by Gasteiger charge is -2.36. The summed E-state index contributed by atoms with van der Waals surface area (Å²) < 4.78 is 7.88. The first kappa shape index (κ1) is 23.7. The van der Waals surface area contributed by atoms with Crippen LogP contribution in [0.25, 0.3) is 11.7 Å². The van der Waals surface area contributed by atoms with Crippen molar-refractivity contribution < 1.29 is 9.53 Å². The van der Waals surface area contributed by atoms with E-state index >= 15 is 0 Å². The number of thiocarbonyl (C=S) groups is 1. The van der Waals surface area contributed by atoms with Gasteiger partial charge < -0.3 is 9.64 Å². The number of hydrogen-bond donors (Lipinski definition) is 0. The molecule has 180 valence electrons. The molecular weight excluding hydrogens is 480 g/mol. The fourth-order valence-corrected chi connectivity index (χ4v) is 6.03. The third kappa shape index (κ3) is 4.51. The van der Waals surface area contributed by atoms with Crippen LogP contribution >= 0.6 is 24.0 Å². The number of aromatic nitrogens is 2. The zero-order valence-electron chi connectivity index (χ0n) is 19.7. The first-order valence-corrected chi connectivity index (χ1v) is 12.8. The summed E-state index contributed by atoms with van der Waals surface area (Å²) in [7, 11) is 0. The normalized spacial score (nSPS) is 22.9. The average molecular weight is 507 g/mol. The maximum absolute atomic E-state index is 13.6. The van der Waals surface area contributed by atoms with E-state index < -0.39 is 0 Å². The first-order valence-electron chi connectivity index (χ1n) is 11.6. The van der Waals surface area contributed by atoms with Crippen LogP contribution in [0.2, 0.25) is 0 Å². The highest BCUT2D eigenvalue weighted by molar-refractivity contribution is 8.26. The smallest absolute Gasteiger partial charge is 0.267 e. The van der Waals surface area contributed by atoms with Crippen molar-refractivity contribution in [3.63, 3.8) is 0 Å². The third-order valence-electron chi connectivity index (χ3n) is 6.24. The number of ether oxygens (including phenoxy) is 1. The van der Waals surface area contributed by atoms with Gasteiger partial charge in [-0.15, -0.1) is 0 Å². The highest BCUT2D eigenvalue weighted by Crippen LogP contribution is 2.38. The van der Waals surface area contributed by atoms with E-state index in [4.69, 9.17) is 21.9 Å². The van der Waals surface area contributed by atoms with Gasteiger partial charge in [0.15, 0.2) is 0 Å². The molecule has 3 aromatic rings. The minimum atomic E-state index is -0.223. The Hall–Kier alpha value is -3.01. The molecular formula is C26H26N4O3S2. The summed E-state index contributed by atoms with van der Waals surface area (Å²) in [5.74, 6) is 0.355. The Morgan fingerprint density at radius 1 is 1.09 bits per heavy atom. The SMILES string of the molecule is C[C@@H]1CN(c2nc3ccccn3c(=O)c2/C=C2\SC(=S)N([C@@H](C)c3ccccc3)C2=O)C[C@H](C)O1. The van der Waals surface area contributed by atoms with E-state index in [2.05, 4.69) is 4.90 Å². The molecule has 7 nitrogen and oxygen atoms in total. The highest BCUT2D eigenvalue weighted by Gasteiger charge is 2.37. The molecule has 0 bridgehead atoms. The molecule has 35 heavy (non-hydrogen) atoms. The van der Waals surface area contributed by atoms with Crippen LogP contribution in [0.4, 0.5) is 5.82 Å². The number of carbonyl (C=O) groups excluding carboxylic acids is 1. The number of anilines is 1. The fraction of sp³-hybridized carbons (Fsp3) is 0.308. The summed E-state index contributed by atoms with van der Waals surface area (Å²) in [4.78, 5) is 36.1. The molecule has 2 saturated heterocycles. The minimum Gasteiger partial charge on any atom is -0.372 e. The number of thioether (sulfide) groups is 1. The maximum atomic E-state index is 13.6. The summed E-state index contributed by atoms with van der Waals surface area (Å²) in [6.45, 7) is 7.18. The van der Waals surface area contributed by atoms with Crippen LogP contribution in [0.3, 0.4) is 0 Å². The van der Waals surface area contributed by atoms with Crippen LogP contribution in [-0.4, -0.2) is 49.8 Å². The summed E-state index contributed by atoms with van der Waals surface area (Å²) in [6, 6.07) is 15.0. The Labute approximate surface area is 213 Å². The van der Waals surface area contributed by atoms with Crippen molar-refractivity contribution in [1.82, 2.24) is 14.3 Å². The lowest BCUT2D eigenvalue weighted by Crippen LogP contribution is -2.46. The second kappa shape index (κ2) is 9.56. The number of pyridine rings is 1. The molecule has 9 heteroatoms. The number of hydrogen-bond acceptors (Lipinski definition) is 7. The molecule has 2 aliphatic rings. The molecule has 0 N–H and O–H groups in total. The molecule has 2 aromatic heterocycles. The molecule has 2 aliphatic heterocycles. The standard InChI is InChI=1S/C26H26N4O3S2/c1-16-14-28(15-17(2)33-16)23-20(24(31)29-12-8-7-11-22(29)27-23)13-21-25(32)30(26(34)35-21)18(3)19-9-5-4-6-10-19/h4-13,16-18H,14-15H2,1-3H3/b21-13-/t16-,17+,18-/m0/s1. The van der Waals surface area contributed by atoms with E-state index in [1.54, 1.807) is 23.2 Å². The predicted octanol–water partition coefficient (Wildman–Crippen LogP) is 4.27. The van der Waals surface area contributed by atoms with Gasteiger partial charge in [0.05, 0.1) is 28.7 Å². The maximum Gasteiger partial charge on any atom is 0.267 e. The van der Waals surface area contributed by atoms with Crippen LogP contribution < -0.4 is 10.5 Å². The van der Waals surface area contributed by atoms with Gasteiger partial charge in [0.1, 0.15) is 15.8 Å². The number of benzene rings is 1.